The molecule has 0 aliphatic rings. The predicted molar refractivity (Wildman–Crippen MR) is 28.7 cm³/mol. The summed E-state index contributed by atoms with van der Waals surface area (Å²) in [5.74, 6) is 0. The van der Waals surface area contributed by atoms with E-state index in [2.05, 4.69) is 6.92 Å². The van der Waals surface area contributed by atoms with Crippen molar-refractivity contribution in [1.29, 1.82) is 0 Å². The van der Waals surface area contributed by atoms with Crippen LogP contribution in [0.15, 0.2) is 12.2 Å². The Morgan fingerprint density at radius 3 is 2.17 bits per heavy atom. The Hall–Kier alpha value is 0.700. The molecule has 2 heteroatoms. The van der Waals surface area contributed by atoms with Gasteiger partial charge in [-0.3, -0.25) is 0 Å². The van der Waals surface area contributed by atoms with Crippen molar-refractivity contribution in [3.63, 3.8) is 0 Å². The van der Waals surface area contributed by atoms with Gasteiger partial charge in [-0.25, -0.2) is 0 Å². The summed E-state index contributed by atoms with van der Waals surface area (Å²) in [5.41, 5.74) is 0. The van der Waals surface area contributed by atoms with Gasteiger partial charge in [0.25, 0.3) is 0 Å². The van der Waals surface area contributed by atoms with E-state index in [4.69, 9.17) is 5.11 Å². The number of aliphatic hydroxyl groups is 1. The van der Waals surface area contributed by atoms with E-state index in [-0.39, 0.29) is 36.2 Å². The maximum atomic E-state index is 7.94. The molecule has 0 heterocycles. The average molecular weight is 95.1 g/mol. The molecule has 0 bridgehead atoms. The molecule has 0 aromatic heterocycles. The molecule has 1 N–H and O–H groups in total. The first-order valence-electron chi connectivity index (χ1n) is 1.47. The van der Waals surface area contributed by atoms with Gasteiger partial charge >= 0.3 is 29.6 Å². The predicted octanol–water partition coefficient (Wildman–Crippen LogP) is -0.280. The third-order valence-electron chi connectivity index (χ3n) is 0.272. The fourth-order valence-electron chi connectivity index (χ4n) is 0.0745. The van der Waals surface area contributed by atoms with E-state index < -0.39 is 0 Å². The zero-order valence-electron chi connectivity index (χ0n) is 3.02. The first kappa shape index (κ1) is 9.85. The molecular weight excluding hydrogens is 87.0 g/mol. The van der Waals surface area contributed by atoms with E-state index in [9.17, 15) is 0 Å². The van der Waals surface area contributed by atoms with E-state index in [0.717, 1.165) is 0 Å². The molecule has 1 radical (unpaired) electrons. The molecule has 31 valence electrons. The van der Waals surface area contributed by atoms with Crippen LogP contribution < -0.4 is 0 Å². The van der Waals surface area contributed by atoms with Crippen molar-refractivity contribution in [2.75, 3.05) is 6.61 Å². The fraction of sp³-hybridized carbons (Fsp3) is 0.250. The summed E-state index contributed by atoms with van der Waals surface area (Å²) in [4.78, 5) is 0. The molecule has 0 atom stereocenters. The van der Waals surface area contributed by atoms with Gasteiger partial charge < -0.3 is 5.11 Å². The van der Waals surface area contributed by atoms with E-state index in [0.29, 0.717) is 0 Å². The Bertz CT molecular complexity index is 34.5. The molecule has 0 aliphatic heterocycles. The molecule has 0 spiro atoms. The minimum atomic E-state index is 0. The summed E-state index contributed by atoms with van der Waals surface area (Å²) in [5, 5.41) is 7.94. The van der Waals surface area contributed by atoms with Gasteiger partial charge in [-0.2, -0.15) is 0 Å². The Balaban J connectivity index is 0. The first-order chi connectivity index (χ1) is 2.41. The number of aliphatic hydroxyl groups excluding tert-OH is 1. The van der Waals surface area contributed by atoms with E-state index >= 15 is 0 Å². The van der Waals surface area contributed by atoms with Crippen LogP contribution in [0, 0.1) is 6.92 Å². The molecule has 6 heavy (non-hydrogen) atoms. The minimum absolute atomic E-state index is 0. The molecular formula is C4H8NaO. The quantitative estimate of drug-likeness (QED) is 0.444. The zero-order valence-corrected chi connectivity index (χ0v) is 3.02. The van der Waals surface area contributed by atoms with Crippen LogP contribution in [0.4, 0.5) is 0 Å². The Morgan fingerprint density at radius 2 is 2.17 bits per heavy atom. The molecule has 0 amide bonds. The second-order valence-electron chi connectivity index (χ2n) is 0.654. The van der Waals surface area contributed by atoms with Crippen LogP contribution >= 0.6 is 0 Å². The molecule has 0 fully saturated rings. The van der Waals surface area contributed by atoms with Gasteiger partial charge in [-0.15, -0.1) is 0 Å². The number of hydrogen-bond donors (Lipinski definition) is 1. The molecule has 0 saturated carbocycles. The Morgan fingerprint density at radius 1 is 1.67 bits per heavy atom. The van der Waals surface area contributed by atoms with Crippen LogP contribution in [0.25, 0.3) is 0 Å². The van der Waals surface area contributed by atoms with Gasteiger partial charge in [-0.05, 0) is 6.92 Å². The van der Waals surface area contributed by atoms with Crippen molar-refractivity contribution in [3.05, 3.63) is 19.1 Å². The number of allylic oxidation sites excluding steroid dienone is 1. The first-order valence-corrected chi connectivity index (χ1v) is 1.47. The second kappa shape index (κ2) is 9.20. The van der Waals surface area contributed by atoms with Gasteiger partial charge in [-0.1, -0.05) is 12.2 Å². The maximum absolute atomic E-state index is 7.94. The van der Waals surface area contributed by atoms with Crippen LogP contribution in [0.5, 0.6) is 0 Å². The van der Waals surface area contributed by atoms with Crippen LogP contribution in [0.2, 0.25) is 0 Å². The summed E-state index contributed by atoms with van der Waals surface area (Å²) in [6.07, 6.45) is 3.12. The van der Waals surface area contributed by atoms with Crippen molar-refractivity contribution in [3.8, 4) is 0 Å². The Labute approximate surface area is 60.4 Å². The third-order valence-corrected chi connectivity index (χ3v) is 0.272. The van der Waals surface area contributed by atoms with Crippen molar-refractivity contribution in [1.82, 2.24) is 0 Å². The third kappa shape index (κ3) is 8.83. The monoisotopic (exact) mass is 95.0 g/mol. The van der Waals surface area contributed by atoms with E-state index in [1.54, 1.807) is 12.2 Å². The van der Waals surface area contributed by atoms with E-state index in [1.165, 1.54) is 0 Å². The van der Waals surface area contributed by atoms with Crippen LogP contribution in [0.1, 0.15) is 0 Å². The molecule has 0 aliphatic carbocycles. The fourth-order valence-corrected chi connectivity index (χ4v) is 0.0745. The van der Waals surface area contributed by atoms with Crippen molar-refractivity contribution in [2.45, 2.75) is 0 Å². The van der Waals surface area contributed by atoms with Crippen molar-refractivity contribution < 1.29 is 5.11 Å². The summed E-state index contributed by atoms with van der Waals surface area (Å²) < 4.78 is 0. The van der Waals surface area contributed by atoms with Gasteiger partial charge in [0, 0.05) is 0 Å². The molecule has 0 aromatic rings. The zero-order chi connectivity index (χ0) is 4.12. The standard InChI is InChI=1S/C4H7O.Na.H/c1-2-3-4-5;;/h2-3,5H,1,4H2;;. The van der Waals surface area contributed by atoms with Gasteiger partial charge in [0.2, 0.25) is 0 Å². The second-order valence-corrected chi connectivity index (χ2v) is 0.654. The SMILES string of the molecule is [CH2]C=CCO.[NaH]. The molecule has 0 rings (SSSR count). The van der Waals surface area contributed by atoms with Crippen molar-refractivity contribution in [2.24, 2.45) is 0 Å². The van der Waals surface area contributed by atoms with Crippen LogP contribution in [-0.4, -0.2) is 41.3 Å². The normalized spacial score (nSPS) is 8.33. The molecule has 0 aromatic carbocycles. The average Bonchev–Trinajstić information content (AvgIpc) is 1.41. The van der Waals surface area contributed by atoms with Crippen LogP contribution in [-0.2, 0) is 0 Å². The van der Waals surface area contributed by atoms with Crippen molar-refractivity contribution >= 4 is 29.6 Å². The topological polar surface area (TPSA) is 20.2 Å². The molecule has 0 saturated heterocycles. The summed E-state index contributed by atoms with van der Waals surface area (Å²) in [7, 11) is 0. The van der Waals surface area contributed by atoms with Gasteiger partial charge in [0.05, 0.1) is 6.61 Å². The molecule has 1 nitrogen and oxygen atoms in total. The number of hydrogen-bond acceptors (Lipinski definition) is 1. The van der Waals surface area contributed by atoms with E-state index in [1.807, 2.05) is 0 Å². The van der Waals surface area contributed by atoms with Gasteiger partial charge in [0.1, 0.15) is 0 Å². The molecule has 0 unspecified atom stereocenters. The number of rotatable bonds is 1. The summed E-state index contributed by atoms with van der Waals surface area (Å²) in [6.45, 7) is 3.44. The Kier molecular flexibility index (Phi) is 15.1. The summed E-state index contributed by atoms with van der Waals surface area (Å²) >= 11 is 0. The van der Waals surface area contributed by atoms with Gasteiger partial charge in [0.15, 0.2) is 0 Å². The summed E-state index contributed by atoms with van der Waals surface area (Å²) in [6, 6.07) is 0. The van der Waals surface area contributed by atoms with Crippen LogP contribution in [0.3, 0.4) is 0 Å².